The predicted molar refractivity (Wildman–Crippen MR) is 68.9 cm³/mol. The van der Waals surface area contributed by atoms with E-state index in [0.29, 0.717) is 0 Å². The standard InChI is InChI=1S/C8H16.C5H12.CH4/c1-2-4-6-8-7-5-3-1;1-3-5-4-2;/h1-8H2;3-5H2,1-2H3;1H4. The van der Waals surface area contributed by atoms with E-state index in [9.17, 15) is 0 Å². The van der Waals surface area contributed by atoms with E-state index in [2.05, 4.69) is 13.8 Å². The van der Waals surface area contributed by atoms with Gasteiger partial charge in [0.2, 0.25) is 0 Å². The van der Waals surface area contributed by atoms with E-state index >= 15 is 0 Å². The SMILES string of the molecule is C.C1CCCCCCC1.CCCCC. The maximum absolute atomic E-state index is 2.21. The zero-order chi connectivity index (χ0) is 9.78. The third-order valence-corrected chi connectivity index (χ3v) is 2.71. The first-order chi connectivity index (χ1) is 6.41. The van der Waals surface area contributed by atoms with E-state index < -0.39 is 0 Å². The van der Waals surface area contributed by atoms with Gasteiger partial charge in [-0.15, -0.1) is 0 Å². The van der Waals surface area contributed by atoms with Gasteiger partial charge in [0.05, 0.1) is 0 Å². The molecule has 0 N–H and O–H groups in total. The quantitative estimate of drug-likeness (QED) is 0.516. The monoisotopic (exact) mass is 200 g/mol. The summed E-state index contributed by atoms with van der Waals surface area (Å²) in [6.45, 7) is 4.42. The lowest BCUT2D eigenvalue weighted by Gasteiger charge is -2.05. The first-order valence-electron chi connectivity index (χ1n) is 6.41. The molecule has 0 radical (unpaired) electrons. The highest BCUT2D eigenvalue weighted by Crippen LogP contribution is 2.15. The molecule has 14 heavy (non-hydrogen) atoms. The van der Waals surface area contributed by atoms with Crippen LogP contribution in [0.4, 0.5) is 0 Å². The summed E-state index contributed by atoms with van der Waals surface area (Å²) in [6.07, 6.45) is 16.1. The average molecular weight is 200 g/mol. The summed E-state index contributed by atoms with van der Waals surface area (Å²) in [5.41, 5.74) is 0. The number of unbranched alkanes of at least 4 members (excludes halogenated alkanes) is 2. The lowest BCUT2D eigenvalue weighted by Crippen LogP contribution is -1.85. The molecule has 0 heteroatoms. The Hall–Kier alpha value is 0. The van der Waals surface area contributed by atoms with Gasteiger partial charge in [-0.2, -0.15) is 0 Å². The average Bonchev–Trinajstić information content (AvgIpc) is 2.05. The minimum atomic E-state index is 0. The van der Waals surface area contributed by atoms with Crippen molar-refractivity contribution in [2.45, 2.75) is 91.9 Å². The molecule has 0 amide bonds. The van der Waals surface area contributed by atoms with Gasteiger partial charge < -0.3 is 0 Å². The Balaban J connectivity index is 0. The Morgan fingerprint density at radius 1 is 0.571 bits per heavy atom. The summed E-state index contributed by atoms with van der Waals surface area (Å²) in [6, 6.07) is 0. The van der Waals surface area contributed by atoms with Gasteiger partial charge in [0.1, 0.15) is 0 Å². The van der Waals surface area contributed by atoms with Gasteiger partial charge in [0, 0.05) is 0 Å². The molecule has 0 nitrogen and oxygen atoms in total. The Morgan fingerprint density at radius 3 is 0.857 bits per heavy atom. The van der Waals surface area contributed by atoms with Crippen molar-refractivity contribution in [3.63, 3.8) is 0 Å². The van der Waals surface area contributed by atoms with Crippen LogP contribution in [0.5, 0.6) is 0 Å². The molecular formula is C14H32. The van der Waals surface area contributed by atoms with Crippen LogP contribution in [-0.2, 0) is 0 Å². The molecule has 1 aliphatic carbocycles. The lowest BCUT2D eigenvalue weighted by molar-refractivity contribution is 0.504. The van der Waals surface area contributed by atoms with Crippen molar-refractivity contribution in [3.8, 4) is 0 Å². The summed E-state index contributed by atoms with van der Waals surface area (Å²) in [7, 11) is 0. The van der Waals surface area contributed by atoms with Crippen LogP contribution in [0.15, 0.2) is 0 Å². The largest absolute Gasteiger partial charge is 0.0776 e. The highest BCUT2D eigenvalue weighted by Gasteiger charge is 1.95. The zero-order valence-electron chi connectivity index (χ0n) is 9.78. The normalized spacial score (nSPS) is 16.7. The Labute approximate surface area is 92.5 Å². The molecule has 1 fully saturated rings. The molecule has 0 unspecified atom stereocenters. The van der Waals surface area contributed by atoms with Crippen molar-refractivity contribution in [2.75, 3.05) is 0 Å². The van der Waals surface area contributed by atoms with Gasteiger partial charge in [-0.25, -0.2) is 0 Å². The molecule has 0 atom stereocenters. The van der Waals surface area contributed by atoms with Gasteiger partial charge >= 0.3 is 0 Å². The smallest absolute Gasteiger partial charge is 0.0533 e. The van der Waals surface area contributed by atoms with Crippen LogP contribution >= 0.6 is 0 Å². The fourth-order valence-corrected chi connectivity index (χ4v) is 1.77. The second-order valence-corrected chi connectivity index (χ2v) is 4.18. The third-order valence-electron chi connectivity index (χ3n) is 2.71. The Kier molecular flexibility index (Phi) is 18.2. The fraction of sp³-hybridized carbons (Fsp3) is 1.00. The van der Waals surface area contributed by atoms with Crippen molar-refractivity contribution in [1.82, 2.24) is 0 Å². The molecule has 0 saturated heterocycles. The molecule has 0 aromatic rings. The van der Waals surface area contributed by atoms with Crippen molar-refractivity contribution < 1.29 is 0 Å². The Bertz CT molecular complexity index is 50.1. The fourth-order valence-electron chi connectivity index (χ4n) is 1.77. The molecule has 0 aliphatic heterocycles. The van der Waals surface area contributed by atoms with Crippen LogP contribution in [-0.4, -0.2) is 0 Å². The third kappa shape index (κ3) is 14.5. The lowest BCUT2D eigenvalue weighted by atomic mass is 10.0. The number of hydrogen-bond acceptors (Lipinski definition) is 0. The molecule has 0 aromatic carbocycles. The first kappa shape index (κ1) is 16.4. The van der Waals surface area contributed by atoms with E-state index in [1.54, 1.807) is 0 Å². The summed E-state index contributed by atoms with van der Waals surface area (Å²) in [4.78, 5) is 0. The van der Waals surface area contributed by atoms with Crippen LogP contribution in [0, 0.1) is 0 Å². The van der Waals surface area contributed by atoms with E-state index in [-0.39, 0.29) is 7.43 Å². The van der Waals surface area contributed by atoms with Crippen molar-refractivity contribution >= 4 is 0 Å². The van der Waals surface area contributed by atoms with E-state index in [4.69, 9.17) is 0 Å². The minimum Gasteiger partial charge on any atom is -0.0776 e. The van der Waals surface area contributed by atoms with Gasteiger partial charge in [0.15, 0.2) is 0 Å². The van der Waals surface area contributed by atoms with Gasteiger partial charge in [0.25, 0.3) is 0 Å². The summed E-state index contributed by atoms with van der Waals surface area (Å²) in [5.74, 6) is 0. The van der Waals surface area contributed by atoms with Crippen LogP contribution in [0.3, 0.4) is 0 Å². The molecule has 0 aromatic heterocycles. The molecular weight excluding hydrogens is 168 g/mol. The summed E-state index contributed by atoms with van der Waals surface area (Å²) in [5, 5.41) is 0. The molecule has 1 saturated carbocycles. The molecule has 0 spiro atoms. The molecule has 0 bridgehead atoms. The van der Waals surface area contributed by atoms with Crippen LogP contribution in [0.2, 0.25) is 0 Å². The van der Waals surface area contributed by atoms with Gasteiger partial charge in [-0.3, -0.25) is 0 Å². The Morgan fingerprint density at radius 2 is 0.786 bits per heavy atom. The molecule has 1 aliphatic rings. The summed E-state index contributed by atoms with van der Waals surface area (Å²) >= 11 is 0. The van der Waals surface area contributed by atoms with Crippen LogP contribution < -0.4 is 0 Å². The highest BCUT2D eigenvalue weighted by molar-refractivity contribution is 4.51. The van der Waals surface area contributed by atoms with E-state index in [0.717, 1.165) is 0 Å². The molecule has 0 heterocycles. The second kappa shape index (κ2) is 15.5. The van der Waals surface area contributed by atoms with Gasteiger partial charge in [-0.05, 0) is 0 Å². The van der Waals surface area contributed by atoms with Gasteiger partial charge in [-0.1, -0.05) is 91.9 Å². The summed E-state index contributed by atoms with van der Waals surface area (Å²) < 4.78 is 0. The minimum absolute atomic E-state index is 0. The van der Waals surface area contributed by atoms with Crippen molar-refractivity contribution in [3.05, 3.63) is 0 Å². The molecule has 88 valence electrons. The second-order valence-electron chi connectivity index (χ2n) is 4.18. The topological polar surface area (TPSA) is 0 Å². The predicted octanol–water partition coefficient (Wildman–Crippen LogP) is 5.95. The maximum atomic E-state index is 2.21. The molecule has 1 rings (SSSR count). The van der Waals surface area contributed by atoms with Crippen molar-refractivity contribution in [2.24, 2.45) is 0 Å². The number of hydrogen-bond donors (Lipinski definition) is 0. The van der Waals surface area contributed by atoms with E-state index in [1.165, 1.54) is 70.6 Å². The maximum Gasteiger partial charge on any atom is -0.0533 e. The highest BCUT2D eigenvalue weighted by atomic mass is 14.0. The van der Waals surface area contributed by atoms with Crippen molar-refractivity contribution in [1.29, 1.82) is 0 Å². The van der Waals surface area contributed by atoms with Crippen LogP contribution in [0.1, 0.15) is 91.9 Å². The number of rotatable bonds is 2. The van der Waals surface area contributed by atoms with E-state index in [1.807, 2.05) is 0 Å². The first-order valence-corrected chi connectivity index (χ1v) is 6.41. The zero-order valence-corrected chi connectivity index (χ0v) is 9.78. The van der Waals surface area contributed by atoms with Crippen LogP contribution in [0.25, 0.3) is 0 Å².